The summed E-state index contributed by atoms with van der Waals surface area (Å²) in [6.45, 7) is 7.57. The third-order valence-electron chi connectivity index (χ3n) is 5.47. The third-order valence-corrected chi connectivity index (χ3v) is 5.47. The van der Waals surface area contributed by atoms with Crippen LogP contribution >= 0.6 is 0 Å². The molecule has 2 fully saturated rings. The van der Waals surface area contributed by atoms with Crippen LogP contribution < -0.4 is 0 Å². The molecule has 1 amide bonds. The first-order valence-electron chi connectivity index (χ1n) is 9.33. The van der Waals surface area contributed by atoms with Gasteiger partial charge in [-0.25, -0.2) is 5.01 Å². The lowest BCUT2D eigenvalue weighted by molar-refractivity contribution is -0.132. The second-order valence-corrected chi connectivity index (χ2v) is 6.99. The van der Waals surface area contributed by atoms with E-state index < -0.39 is 0 Å². The fourth-order valence-corrected chi connectivity index (χ4v) is 3.99. The minimum Gasteiger partial charge on any atom is -0.338 e. The van der Waals surface area contributed by atoms with Gasteiger partial charge in [0, 0.05) is 57.0 Å². The normalized spacial score (nSPS) is 28.4. The zero-order valence-corrected chi connectivity index (χ0v) is 15.6. The Bertz CT molecular complexity index is 648. The smallest absolute Gasteiger partial charge is 0.222 e. The van der Waals surface area contributed by atoms with Gasteiger partial charge in [-0.15, -0.1) is 0 Å². The van der Waals surface area contributed by atoms with Crippen LogP contribution in [0.4, 0.5) is 0 Å². The van der Waals surface area contributed by atoms with Crippen molar-refractivity contribution in [2.75, 3.05) is 33.2 Å². The van der Waals surface area contributed by atoms with E-state index in [-0.39, 0.29) is 0 Å². The van der Waals surface area contributed by atoms with Crippen molar-refractivity contribution in [3.63, 3.8) is 0 Å². The van der Waals surface area contributed by atoms with Gasteiger partial charge in [-0.1, -0.05) is 0 Å². The second kappa shape index (κ2) is 7.52. The van der Waals surface area contributed by atoms with Crippen LogP contribution in [0, 0.1) is 5.41 Å². The molecule has 2 heterocycles. The number of carbonyl (C=O) groups excluding carboxylic acids is 1. The molecule has 0 saturated carbocycles. The van der Waals surface area contributed by atoms with Crippen molar-refractivity contribution in [1.82, 2.24) is 14.9 Å². The molecule has 0 aromatic rings. The van der Waals surface area contributed by atoms with Gasteiger partial charge in [-0.3, -0.25) is 15.2 Å². The summed E-state index contributed by atoms with van der Waals surface area (Å²) in [6.07, 6.45) is 7.72. The maximum Gasteiger partial charge on any atom is 0.222 e. The van der Waals surface area contributed by atoms with E-state index in [2.05, 4.69) is 33.9 Å². The number of aliphatic imine (C=N–C) groups is 1. The van der Waals surface area contributed by atoms with Crippen LogP contribution in [-0.2, 0) is 4.79 Å². The van der Waals surface area contributed by atoms with Crippen LogP contribution in [0.15, 0.2) is 28.4 Å². The molecule has 1 aliphatic carbocycles. The Labute approximate surface area is 150 Å². The first-order valence-corrected chi connectivity index (χ1v) is 9.33. The van der Waals surface area contributed by atoms with Crippen molar-refractivity contribution < 1.29 is 4.79 Å². The summed E-state index contributed by atoms with van der Waals surface area (Å²) in [6, 6.07) is 0.324. The van der Waals surface area contributed by atoms with Crippen molar-refractivity contribution in [3.05, 3.63) is 23.4 Å². The summed E-state index contributed by atoms with van der Waals surface area (Å²) in [5.41, 5.74) is 3.42. The van der Waals surface area contributed by atoms with Crippen LogP contribution in [0.3, 0.4) is 0 Å². The predicted molar refractivity (Wildman–Crippen MR) is 101 cm³/mol. The Morgan fingerprint density at radius 1 is 1.36 bits per heavy atom. The zero-order valence-electron chi connectivity index (χ0n) is 15.6. The lowest BCUT2D eigenvalue weighted by Gasteiger charge is -2.43. The number of piperidine rings is 1. The Morgan fingerprint density at radius 3 is 2.84 bits per heavy atom. The summed E-state index contributed by atoms with van der Waals surface area (Å²) in [5, 5.41) is 12.6. The van der Waals surface area contributed by atoms with Crippen molar-refractivity contribution in [3.8, 4) is 0 Å². The summed E-state index contributed by atoms with van der Waals surface area (Å²) >= 11 is 0. The molecule has 0 radical (unpaired) electrons. The van der Waals surface area contributed by atoms with Gasteiger partial charge in [0.1, 0.15) is 0 Å². The van der Waals surface area contributed by atoms with E-state index in [0.29, 0.717) is 30.6 Å². The topological polar surface area (TPSA) is 63.0 Å². The average Bonchev–Trinajstić information content (AvgIpc) is 3.20. The van der Waals surface area contributed by atoms with Gasteiger partial charge in [0.2, 0.25) is 5.91 Å². The van der Waals surface area contributed by atoms with Gasteiger partial charge in [-0.05, 0) is 45.3 Å². The van der Waals surface area contributed by atoms with Crippen molar-refractivity contribution in [1.29, 1.82) is 5.41 Å². The van der Waals surface area contributed by atoms with Gasteiger partial charge in [0.05, 0.1) is 11.4 Å². The number of allylic oxidation sites excluding steroid dienone is 4. The van der Waals surface area contributed by atoms with Gasteiger partial charge in [0.15, 0.2) is 0 Å². The molecular formula is C19H29N5O. The summed E-state index contributed by atoms with van der Waals surface area (Å²) in [5.74, 6) is 0.314. The van der Waals surface area contributed by atoms with Crippen molar-refractivity contribution in [2.45, 2.75) is 45.6 Å². The van der Waals surface area contributed by atoms with Gasteiger partial charge < -0.3 is 9.91 Å². The number of carbonyl (C=O) groups is 1. The number of hydrazine groups is 1. The molecule has 6 nitrogen and oxygen atoms in total. The largest absolute Gasteiger partial charge is 0.338 e. The lowest BCUT2D eigenvalue weighted by Crippen LogP contribution is -2.53. The lowest BCUT2D eigenvalue weighted by atomic mass is 10.1. The van der Waals surface area contributed by atoms with E-state index in [4.69, 9.17) is 5.41 Å². The number of hydrogen-bond donors (Lipinski definition) is 1. The van der Waals surface area contributed by atoms with Crippen LogP contribution in [0.1, 0.15) is 39.5 Å². The van der Waals surface area contributed by atoms with Crippen LogP contribution in [0.2, 0.25) is 0 Å². The molecule has 0 aromatic carbocycles. The Morgan fingerprint density at radius 2 is 2.16 bits per heavy atom. The van der Waals surface area contributed by atoms with Crippen molar-refractivity contribution >= 4 is 17.3 Å². The Kier molecular flexibility index (Phi) is 5.37. The molecule has 1 N–H and O–H groups in total. The molecule has 3 aliphatic rings. The fourth-order valence-electron chi connectivity index (χ4n) is 3.99. The molecule has 25 heavy (non-hydrogen) atoms. The summed E-state index contributed by atoms with van der Waals surface area (Å²) in [7, 11) is 2.08. The fraction of sp³-hybridized carbons (Fsp3) is 0.632. The van der Waals surface area contributed by atoms with E-state index in [0.717, 1.165) is 55.9 Å². The van der Waals surface area contributed by atoms with Gasteiger partial charge >= 0.3 is 0 Å². The Balaban J connectivity index is 1.75. The molecule has 136 valence electrons. The number of nitrogens with one attached hydrogen (secondary N) is 1. The highest BCUT2D eigenvalue weighted by atomic mass is 16.2. The summed E-state index contributed by atoms with van der Waals surface area (Å²) in [4.78, 5) is 18.7. The molecule has 1 unspecified atom stereocenters. The van der Waals surface area contributed by atoms with E-state index in [1.807, 2.05) is 19.1 Å². The second-order valence-electron chi connectivity index (χ2n) is 6.99. The predicted octanol–water partition coefficient (Wildman–Crippen LogP) is 2.24. The number of amides is 1. The Hall–Kier alpha value is -1.95. The molecule has 1 atom stereocenters. The average molecular weight is 343 g/mol. The molecule has 0 bridgehead atoms. The molecule has 0 aromatic heterocycles. The SMILES string of the molecule is CCN=C1C(=N)C=C/C1=C(/C)N(C)N1CCCC(N2CCCC2=O)C1. The molecule has 3 rings (SSSR count). The number of hydrogen-bond acceptors (Lipinski definition) is 5. The molecular weight excluding hydrogens is 314 g/mol. The number of nitrogens with zero attached hydrogens (tertiary/aromatic N) is 4. The first kappa shape index (κ1) is 17.9. The zero-order chi connectivity index (χ0) is 18.0. The van der Waals surface area contributed by atoms with Crippen LogP contribution in [0.5, 0.6) is 0 Å². The molecule has 0 spiro atoms. The van der Waals surface area contributed by atoms with Crippen molar-refractivity contribution in [2.24, 2.45) is 4.99 Å². The van der Waals surface area contributed by atoms with E-state index in [1.165, 1.54) is 0 Å². The van der Waals surface area contributed by atoms with Gasteiger partial charge in [-0.2, -0.15) is 0 Å². The number of likely N-dealkylation sites (tertiary alicyclic amines) is 1. The van der Waals surface area contributed by atoms with Crippen LogP contribution in [0.25, 0.3) is 0 Å². The van der Waals surface area contributed by atoms with E-state index in [9.17, 15) is 4.79 Å². The van der Waals surface area contributed by atoms with Gasteiger partial charge in [0.25, 0.3) is 0 Å². The minimum atomic E-state index is 0.314. The monoisotopic (exact) mass is 343 g/mol. The quantitative estimate of drug-likeness (QED) is 0.851. The highest BCUT2D eigenvalue weighted by Gasteiger charge is 2.33. The molecule has 6 heteroatoms. The minimum absolute atomic E-state index is 0.314. The maximum absolute atomic E-state index is 12.1. The molecule has 2 saturated heterocycles. The molecule has 2 aliphatic heterocycles. The first-order chi connectivity index (χ1) is 12.0. The standard InChI is InChI=1S/C19H29N5O/c1-4-21-19-16(9-10-17(19)20)14(2)22(3)23-11-5-7-15(13-23)24-12-6-8-18(24)25/h9-10,15,20H,4-8,11-13H2,1-3H3/b16-14+,20-17?,21-19?. The third kappa shape index (κ3) is 3.54. The maximum atomic E-state index is 12.1. The van der Waals surface area contributed by atoms with E-state index in [1.54, 1.807) is 0 Å². The number of rotatable bonds is 4. The van der Waals surface area contributed by atoms with E-state index >= 15 is 0 Å². The highest BCUT2D eigenvalue weighted by Crippen LogP contribution is 2.25. The summed E-state index contributed by atoms with van der Waals surface area (Å²) < 4.78 is 0. The van der Waals surface area contributed by atoms with Crippen LogP contribution in [-0.4, -0.2) is 71.5 Å². The highest BCUT2D eigenvalue weighted by molar-refractivity contribution is 6.54.